The second-order valence-electron chi connectivity index (χ2n) is 2.43. The fraction of sp³-hybridized carbons (Fsp3) is 0.600. The lowest BCUT2D eigenvalue weighted by atomic mass is 10.3. The third-order valence-corrected chi connectivity index (χ3v) is 1.29. The molecule has 0 aromatic carbocycles. The molecule has 0 heteroatoms. The molecular formula is C10H18. The van der Waals surface area contributed by atoms with Crippen LogP contribution in [0.2, 0.25) is 0 Å². The van der Waals surface area contributed by atoms with Crippen molar-refractivity contribution >= 4 is 0 Å². The van der Waals surface area contributed by atoms with E-state index in [9.17, 15) is 0 Å². The molecule has 0 saturated carbocycles. The quantitative estimate of drug-likeness (QED) is 0.508. The Bertz CT molecular complexity index is 84.6. The van der Waals surface area contributed by atoms with Crippen LogP contribution in [0.15, 0.2) is 24.3 Å². The van der Waals surface area contributed by atoms with Crippen molar-refractivity contribution in [1.82, 2.24) is 0 Å². The van der Waals surface area contributed by atoms with Crippen molar-refractivity contribution in [3.63, 3.8) is 0 Å². The van der Waals surface area contributed by atoms with Crippen LogP contribution < -0.4 is 0 Å². The van der Waals surface area contributed by atoms with Gasteiger partial charge in [0.1, 0.15) is 0 Å². The summed E-state index contributed by atoms with van der Waals surface area (Å²) in [5.41, 5.74) is 0. The molecule has 0 rings (SSSR count). The van der Waals surface area contributed by atoms with Crippen LogP contribution in [0, 0.1) is 0 Å². The first-order valence-electron chi connectivity index (χ1n) is 4.23. The summed E-state index contributed by atoms with van der Waals surface area (Å²) in [6.07, 6.45) is 13.6. The molecule has 0 heterocycles. The van der Waals surface area contributed by atoms with Gasteiger partial charge in [0, 0.05) is 0 Å². The lowest BCUT2D eigenvalue weighted by Gasteiger charge is -1.81. The number of unbranched alkanes of at least 4 members (excludes halogenated alkanes) is 2. The highest BCUT2D eigenvalue weighted by molar-refractivity contribution is 5.01. The Morgan fingerprint density at radius 1 is 0.800 bits per heavy atom. The van der Waals surface area contributed by atoms with Crippen molar-refractivity contribution < 1.29 is 0 Å². The molecule has 0 radical (unpaired) electrons. The van der Waals surface area contributed by atoms with Crippen LogP contribution in [-0.4, -0.2) is 0 Å². The van der Waals surface area contributed by atoms with E-state index in [1.165, 1.54) is 25.7 Å². The molecule has 0 aromatic rings. The number of hydrogen-bond donors (Lipinski definition) is 0. The maximum Gasteiger partial charge on any atom is -0.0350 e. The van der Waals surface area contributed by atoms with Crippen molar-refractivity contribution in [2.24, 2.45) is 0 Å². The lowest BCUT2D eigenvalue weighted by molar-refractivity contribution is 0.953. The van der Waals surface area contributed by atoms with E-state index in [1.807, 2.05) is 0 Å². The second-order valence-corrected chi connectivity index (χ2v) is 2.43. The molecule has 0 N–H and O–H groups in total. The van der Waals surface area contributed by atoms with Gasteiger partial charge in [0.05, 0.1) is 0 Å². The van der Waals surface area contributed by atoms with Gasteiger partial charge >= 0.3 is 0 Å². The van der Waals surface area contributed by atoms with Gasteiger partial charge in [-0.15, -0.1) is 0 Å². The zero-order valence-electron chi connectivity index (χ0n) is 7.14. The minimum absolute atomic E-state index is 1.20. The fourth-order valence-electron chi connectivity index (χ4n) is 0.683. The smallest absolute Gasteiger partial charge is 0.0350 e. The van der Waals surface area contributed by atoms with E-state index >= 15 is 0 Å². The predicted molar refractivity (Wildman–Crippen MR) is 48.1 cm³/mol. The van der Waals surface area contributed by atoms with Gasteiger partial charge in [-0.3, -0.25) is 0 Å². The molecule has 0 aliphatic heterocycles. The van der Waals surface area contributed by atoms with Gasteiger partial charge < -0.3 is 0 Å². The first-order chi connectivity index (χ1) is 4.91. The van der Waals surface area contributed by atoms with Crippen LogP contribution in [0.25, 0.3) is 0 Å². The third-order valence-electron chi connectivity index (χ3n) is 1.29. The zero-order valence-corrected chi connectivity index (χ0v) is 7.14. The molecule has 0 aromatic heterocycles. The molecule has 0 fully saturated rings. The second kappa shape index (κ2) is 8.48. The largest absolute Gasteiger partial charge is 0.0846 e. The van der Waals surface area contributed by atoms with E-state index in [0.717, 1.165) is 0 Å². The van der Waals surface area contributed by atoms with E-state index in [0.29, 0.717) is 0 Å². The van der Waals surface area contributed by atoms with E-state index < -0.39 is 0 Å². The van der Waals surface area contributed by atoms with Crippen LogP contribution in [0.1, 0.15) is 39.5 Å². The third kappa shape index (κ3) is 7.48. The average Bonchev–Trinajstić information content (AvgIpc) is 1.97. The van der Waals surface area contributed by atoms with Crippen LogP contribution in [-0.2, 0) is 0 Å². The first kappa shape index (κ1) is 9.48. The van der Waals surface area contributed by atoms with Gasteiger partial charge in [-0.05, 0) is 12.8 Å². The summed E-state index contributed by atoms with van der Waals surface area (Å²) in [6, 6.07) is 0. The Labute approximate surface area is 64.6 Å². The van der Waals surface area contributed by atoms with Gasteiger partial charge in [-0.1, -0.05) is 51.0 Å². The maximum absolute atomic E-state index is 2.21. The molecular weight excluding hydrogens is 120 g/mol. The zero-order chi connectivity index (χ0) is 7.66. The molecule has 10 heavy (non-hydrogen) atoms. The Morgan fingerprint density at radius 2 is 1.20 bits per heavy atom. The van der Waals surface area contributed by atoms with Crippen LogP contribution in [0.3, 0.4) is 0 Å². The summed E-state index contributed by atoms with van der Waals surface area (Å²) in [5, 5.41) is 0. The topological polar surface area (TPSA) is 0 Å². The summed E-state index contributed by atoms with van der Waals surface area (Å²) in [6.45, 7) is 4.39. The van der Waals surface area contributed by atoms with Crippen molar-refractivity contribution in [2.45, 2.75) is 39.5 Å². The summed E-state index contributed by atoms with van der Waals surface area (Å²) < 4.78 is 0. The molecule has 0 aliphatic rings. The molecule has 0 aliphatic carbocycles. The highest BCUT2D eigenvalue weighted by Gasteiger charge is 1.70. The molecule has 58 valence electrons. The molecule has 0 nitrogen and oxygen atoms in total. The van der Waals surface area contributed by atoms with Crippen molar-refractivity contribution in [1.29, 1.82) is 0 Å². The number of rotatable bonds is 5. The standard InChI is InChI=1S/C10H18/c1-3-5-7-9-10-8-6-4-2/h7-10H,3-6H2,1-2H3/b9-7-,10-8+. The van der Waals surface area contributed by atoms with E-state index in [2.05, 4.69) is 38.2 Å². The Morgan fingerprint density at radius 3 is 1.50 bits per heavy atom. The highest BCUT2D eigenvalue weighted by Crippen LogP contribution is 1.91. The van der Waals surface area contributed by atoms with E-state index in [-0.39, 0.29) is 0 Å². The maximum atomic E-state index is 2.21. The van der Waals surface area contributed by atoms with E-state index in [1.54, 1.807) is 0 Å². The average molecular weight is 138 g/mol. The number of hydrogen-bond acceptors (Lipinski definition) is 0. The molecule has 0 unspecified atom stereocenters. The Kier molecular flexibility index (Phi) is 8.04. The van der Waals surface area contributed by atoms with E-state index in [4.69, 9.17) is 0 Å². The van der Waals surface area contributed by atoms with Gasteiger partial charge in [0.25, 0.3) is 0 Å². The van der Waals surface area contributed by atoms with Crippen LogP contribution in [0.5, 0.6) is 0 Å². The lowest BCUT2D eigenvalue weighted by Crippen LogP contribution is -1.61. The molecule has 0 atom stereocenters. The van der Waals surface area contributed by atoms with Crippen LogP contribution >= 0.6 is 0 Å². The predicted octanol–water partition coefficient (Wildman–Crippen LogP) is 3.70. The summed E-state index contributed by atoms with van der Waals surface area (Å²) in [5.74, 6) is 0. The molecule has 0 amide bonds. The minimum atomic E-state index is 1.20. The van der Waals surface area contributed by atoms with Crippen LogP contribution in [0.4, 0.5) is 0 Å². The van der Waals surface area contributed by atoms with Gasteiger partial charge in [-0.25, -0.2) is 0 Å². The number of allylic oxidation sites excluding steroid dienone is 4. The Balaban J connectivity index is 3.15. The van der Waals surface area contributed by atoms with Gasteiger partial charge in [-0.2, -0.15) is 0 Å². The first-order valence-corrected chi connectivity index (χ1v) is 4.23. The summed E-state index contributed by atoms with van der Waals surface area (Å²) in [7, 11) is 0. The Hall–Kier alpha value is -0.520. The minimum Gasteiger partial charge on any atom is -0.0846 e. The van der Waals surface area contributed by atoms with Crippen molar-refractivity contribution in [2.75, 3.05) is 0 Å². The summed E-state index contributed by atoms with van der Waals surface area (Å²) >= 11 is 0. The summed E-state index contributed by atoms with van der Waals surface area (Å²) in [4.78, 5) is 0. The van der Waals surface area contributed by atoms with Crippen molar-refractivity contribution in [3.8, 4) is 0 Å². The molecule has 0 saturated heterocycles. The van der Waals surface area contributed by atoms with Gasteiger partial charge in [0.2, 0.25) is 0 Å². The molecule has 0 spiro atoms. The van der Waals surface area contributed by atoms with Gasteiger partial charge in [0.15, 0.2) is 0 Å². The van der Waals surface area contributed by atoms with Crippen molar-refractivity contribution in [3.05, 3.63) is 24.3 Å². The highest BCUT2D eigenvalue weighted by atomic mass is 13.8. The SMILES string of the molecule is CCC/C=C\C=C\CCC. The normalized spacial score (nSPS) is 11.8. The molecule has 0 bridgehead atoms. The monoisotopic (exact) mass is 138 g/mol. The fourth-order valence-corrected chi connectivity index (χ4v) is 0.683.